The summed E-state index contributed by atoms with van der Waals surface area (Å²) < 4.78 is 40.5. The van der Waals surface area contributed by atoms with Gasteiger partial charge >= 0.3 is 12.1 Å². The summed E-state index contributed by atoms with van der Waals surface area (Å²) in [5.74, 6) is -2.12. The Hall–Kier alpha value is -4.87. The minimum atomic E-state index is -4.53. The van der Waals surface area contributed by atoms with E-state index in [2.05, 4.69) is 20.6 Å². The fraction of sp³-hybridized carbons (Fsp3) is 0.290. The van der Waals surface area contributed by atoms with Crippen molar-refractivity contribution in [3.63, 3.8) is 0 Å². The van der Waals surface area contributed by atoms with Crippen molar-refractivity contribution in [2.75, 3.05) is 28.6 Å². The number of halogens is 3. The molecule has 0 unspecified atom stereocenters. The molecule has 3 N–H and O–H groups in total. The number of alkyl halides is 3. The van der Waals surface area contributed by atoms with E-state index in [0.717, 1.165) is 37.0 Å². The summed E-state index contributed by atoms with van der Waals surface area (Å²) in [5, 5.41) is 19.0. The second-order valence-corrected chi connectivity index (χ2v) is 10.4. The molecule has 1 saturated heterocycles. The highest BCUT2D eigenvalue weighted by Gasteiger charge is 2.31. The highest BCUT2D eigenvalue weighted by Crippen LogP contribution is 2.32. The summed E-state index contributed by atoms with van der Waals surface area (Å²) in [5.41, 5.74) is 2.40. The number of rotatable bonds is 9. The molecule has 0 saturated carbocycles. The van der Waals surface area contributed by atoms with Crippen LogP contribution in [0, 0.1) is 0 Å². The number of carboxylic acid groups (broad SMARTS) is 1. The molecule has 2 heterocycles. The van der Waals surface area contributed by atoms with Crippen LogP contribution in [0.3, 0.4) is 0 Å². The van der Waals surface area contributed by atoms with Crippen LogP contribution in [0.15, 0.2) is 66.7 Å². The van der Waals surface area contributed by atoms with Crippen molar-refractivity contribution < 1.29 is 32.7 Å². The highest BCUT2D eigenvalue weighted by atomic mass is 19.4. The number of piperidine rings is 1. The number of nitrogens with one attached hydrogen (secondary N) is 2. The number of carbonyl (C=O) groups is 3. The van der Waals surface area contributed by atoms with Gasteiger partial charge in [0.05, 0.1) is 16.9 Å². The van der Waals surface area contributed by atoms with E-state index in [4.69, 9.17) is 5.11 Å². The third-order valence-corrected chi connectivity index (χ3v) is 7.28. The second-order valence-electron chi connectivity index (χ2n) is 10.4. The third-order valence-electron chi connectivity index (χ3n) is 7.28. The van der Waals surface area contributed by atoms with E-state index in [9.17, 15) is 27.6 Å². The molecule has 0 aliphatic carbocycles. The van der Waals surface area contributed by atoms with Crippen molar-refractivity contribution in [3.8, 4) is 0 Å². The Balaban J connectivity index is 1.46. The van der Waals surface area contributed by atoms with E-state index in [1.807, 2.05) is 0 Å². The van der Waals surface area contributed by atoms with E-state index in [0.29, 0.717) is 22.6 Å². The first-order valence-corrected chi connectivity index (χ1v) is 13.9. The van der Waals surface area contributed by atoms with Crippen LogP contribution >= 0.6 is 0 Å². The van der Waals surface area contributed by atoms with Crippen molar-refractivity contribution in [2.45, 2.75) is 44.8 Å². The molecule has 0 spiro atoms. The average Bonchev–Trinajstić information content (AvgIpc) is 3.34. The van der Waals surface area contributed by atoms with E-state index in [1.54, 1.807) is 54.6 Å². The molecule has 5 rings (SSSR count). The predicted molar refractivity (Wildman–Crippen MR) is 157 cm³/mol. The van der Waals surface area contributed by atoms with E-state index in [-0.39, 0.29) is 35.0 Å². The SMILES string of the molecule is O=C(O)CCc1ccccc1NC(=O)c1ccc(N2CCCCC2)c(NC(=O)c2nn(CC(F)(F)F)c3ccccc23)c1. The van der Waals surface area contributed by atoms with Crippen LogP contribution in [0.2, 0.25) is 0 Å². The summed E-state index contributed by atoms with van der Waals surface area (Å²) >= 11 is 0. The number of aromatic nitrogens is 2. The lowest BCUT2D eigenvalue weighted by Crippen LogP contribution is -2.30. The van der Waals surface area contributed by atoms with Crippen LogP contribution in [0.4, 0.5) is 30.2 Å². The number of aliphatic carboxylic acids is 1. The number of nitrogens with zero attached hydrogens (tertiary/aromatic N) is 3. The number of aryl methyl sites for hydroxylation is 1. The van der Waals surface area contributed by atoms with Gasteiger partial charge in [0.1, 0.15) is 6.54 Å². The van der Waals surface area contributed by atoms with Crippen molar-refractivity contribution in [2.24, 2.45) is 0 Å². The number of fused-ring (bicyclic) bond motifs is 1. The Morgan fingerprint density at radius 1 is 0.860 bits per heavy atom. The zero-order valence-electron chi connectivity index (χ0n) is 23.2. The van der Waals surface area contributed by atoms with Crippen molar-refractivity contribution in [3.05, 3.63) is 83.6 Å². The molecule has 224 valence electrons. The maximum atomic E-state index is 13.6. The number of carbonyl (C=O) groups excluding carboxylic acids is 2. The van der Waals surface area contributed by atoms with Gasteiger partial charge in [-0.1, -0.05) is 36.4 Å². The summed E-state index contributed by atoms with van der Waals surface area (Å²) in [6.07, 6.45) is -1.41. The average molecular weight is 594 g/mol. The molecule has 2 amide bonds. The Kier molecular flexibility index (Phi) is 8.65. The first-order valence-electron chi connectivity index (χ1n) is 13.9. The molecule has 12 heteroatoms. The fourth-order valence-electron chi connectivity index (χ4n) is 5.25. The summed E-state index contributed by atoms with van der Waals surface area (Å²) in [7, 11) is 0. The summed E-state index contributed by atoms with van der Waals surface area (Å²) in [6.45, 7) is 0.145. The molecule has 0 atom stereocenters. The summed E-state index contributed by atoms with van der Waals surface area (Å²) in [4.78, 5) is 40.1. The Labute approximate surface area is 245 Å². The lowest BCUT2D eigenvalue weighted by atomic mass is 10.1. The molecule has 0 bridgehead atoms. The van der Waals surface area contributed by atoms with Crippen LogP contribution in [0.5, 0.6) is 0 Å². The highest BCUT2D eigenvalue weighted by molar-refractivity contribution is 6.13. The van der Waals surface area contributed by atoms with Gasteiger partial charge in [-0.15, -0.1) is 0 Å². The van der Waals surface area contributed by atoms with Crippen molar-refractivity contribution in [1.29, 1.82) is 0 Å². The van der Waals surface area contributed by atoms with Gasteiger partial charge in [0, 0.05) is 36.1 Å². The van der Waals surface area contributed by atoms with Gasteiger partial charge < -0.3 is 20.6 Å². The van der Waals surface area contributed by atoms with E-state index < -0.39 is 30.5 Å². The topological polar surface area (TPSA) is 117 Å². The normalized spacial score (nSPS) is 13.6. The lowest BCUT2D eigenvalue weighted by molar-refractivity contribution is -0.142. The number of hydrogen-bond donors (Lipinski definition) is 3. The smallest absolute Gasteiger partial charge is 0.408 e. The predicted octanol–water partition coefficient (Wildman–Crippen LogP) is 6.11. The molecular weight excluding hydrogens is 563 g/mol. The fourth-order valence-corrected chi connectivity index (χ4v) is 5.25. The zero-order valence-corrected chi connectivity index (χ0v) is 23.2. The molecule has 1 fully saturated rings. The Bertz CT molecular complexity index is 1660. The largest absolute Gasteiger partial charge is 0.481 e. The Morgan fingerprint density at radius 3 is 2.30 bits per heavy atom. The van der Waals surface area contributed by atoms with E-state index in [1.165, 1.54) is 12.1 Å². The van der Waals surface area contributed by atoms with Gasteiger partial charge in [0.2, 0.25) is 0 Å². The first kappa shape index (κ1) is 29.6. The van der Waals surface area contributed by atoms with Gasteiger partial charge in [-0.3, -0.25) is 19.1 Å². The molecule has 1 aliphatic heterocycles. The minimum absolute atomic E-state index is 0.0962. The maximum absolute atomic E-state index is 13.6. The number of amides is 2. The number of hydrogen-bond acceptors (Lipinski definition) is 5. The van der Waals surface area contributed by atoms with Gasteiger partial charge in [0.25, 0.3) is 11.8 Å². The monoisotopic (exact) mass is 593 g/mol. The molecule has 9 nitrogen and oxygen atoms in total. The maximum Gasteiger partial charge on any atom is 0.408 e. The Morgan fingerprint density at radius 2 is 1.56 bits per heavy atom. The molecule has 0 radical (unpaired) electrons. The molecule has 4 aromatic rings. The number of benzene rings is 3. The van der Waals surface area contributed by atoms with Crippen LogP contribution in [-0.4, -0.2) is 51.9 Å². The molecule has 43 heavy (non-hydrogen) atoms. The molecule has 1 aromatic heterocycles. The van der Waals surface area contributed by atoms with Crippen molar-refractivity contribution >= 4 is 45.7 Å². The number of carboxylic acids is 1. The van der Waals surface area contributed by atoms with Crippen LogP contribution in [0.25, 0.3) is 10.9 Å². The van der Waals surface area contributed by atoms with Gasteiger partial charge in [-0.2, -0.15) is 18.3 Å². The van der Waals surface area contributed by atoms with Crippen LogP contribution in [0.1, 0.15) is 52.1 Å². The lowest BCUT2D eigenvalue weighted by Gasteiger charge is -2.30. The van der Waals surface area contributed by atoms with Gasteiger partial charge in [-0.05, 0) is 61.6 Å². The quantitative estimate of drug-likeness (QED) is 0.216. The minimum Gasteiger partial charge on any atom is -0.481 e. The molecular formula is C31H30F3N5O4. The third kappa shape index (κ3) is 7.14. The molecule has 3 aromatic carbocycles. The van der Waals surface area contributed by atoms with Gasteiger partial charge in [-0.25, -0.2) is 0 Å². The number of para-hydroxylation sites is 2. The van der Waals surface area contributed by atoms with Crippen LogP contribution < -0.4 is 15.5 Å². The standard InChI is InChI=1S/C31H30F3N5O4/c32-31(33,34)19-39-25-11-5-3-9-22(25)28(37-39)30(43)36-24-18-21(12-14-26(24)38-16-6-1-7-17-38)29(42)35-23-10-4-2-8-20(23)13-15-27(40)41/h2-5,8-12,14,18H,1,6-7,13,15-17,19H2,(H,35,42)(H,36,43)(H,40,41). The second kappa shape index (κ2) is 12.6. The first-order chi connectivity index (χ1) is 20.6. The number of anilines is 3. The van der Waals surface area contributed by atoms with Gasteiger partial charge in [0.15, 0.2) is 5.69 Å². The summed E-state index contributed by atoms with van der Waals surface area (Å²) in [6, 6.07) is 18.0. The zero-order chi connectivity index (χ0) is 30.6. The molecule has 1 aliphatic rings. The van der Waals surface area contributed by atoms with Crippen molar-refractivity contribution in [1.82, 2.24) is 9.78 Å². The van der Waals surface area contributed by atoms with E-state index >= 15 is 0 Å². The van der Waals surface area contributed by atoms with Crippen LogP contribution in [-0.2, 0) is 17.8 Å².